The minimum atomic E-state index is -0.735. The Labute approximate surface area is 268 Å². The molecule has 0 spiro atoms. The molecular formula is C36H32N4O5S. The fourth-order valence-electron chi connectivity index (χ4n) is 6.11. The second-order valence-electron chi connectivity index (χ2n) is 11.1. The van der Waals surface area contributed by atoms with Crippen LogP contribution in [0.2, 0.25) is 0 Å². The summed E-state index contributed by atoms with van der Waals surface area (Å²) in [6, 6.07) is 26.1. The van der Waals surface area contributed by atoms with Gasteiger partial charge in [0.1, 0.15) is 6.54 Å². The molecule has 7 rings (SSSR count). The molecular weight excluding hydrogens is 600 g/mol. The van der Waals surface area contributed by atoms with Crippen LogP contribution in [0.1, 0.15) is 29.7 Å². The van der Waals surface area contributed by atoms with Crippen LogP contribution in [0.3, 0.4) is 0 Å². The monoisotopic (exact) mass is 632 g/mol. The molecule has 0 radical (unpaired) electrons. The molecule has 0 N–H and O–H groups in total. The average molecular weight is 633 g/mol. The van der Waals surface area contributed by atoms with Crippen LogP contribution < -0.4 is 14.9 Å². The molecule has 46 heavy (non-hydrogen) atoms. The van der Waals surface area contributed by atoms with Crippen LogP contribution in [-0.2, 0) is 25.6 Å². The molecule has 1 atom stereocenters. The van der Waals surface area contributed by atoms with Gasteiger partial charge in [-0.3, -0.25) is 14.2 Å². The normalized spacial score (nSPS) is 16.8. The Hall–Kier alpha value is -5.06. The van der Waals surface area contributed by atoms with Crippen molar-refractivity contribution < 1.29 is 19.1 Å². The lowest BCUT2D eigenvalue weighted by molar-refractivity contribution is -0.139. The van der Waals surface area contributed by atoms with E-state index in [0.29, 0.717) is 46.9 Å². The van der Waals surface area contributed by atoms with E-state index in [1.165, 1.54) is 11.3 Å². The Kier molecular flexibility index (Phi) is 8.21. The first-order chi connectivity index (χ1) is 22.5. The molecule has 1 saturated heterocycles. The Morgan fingerprint density at radius 1 is 0.978 bits per heavy atom. The van der Waals surface area contributed by atoms with Gasteiger partial charge in [0.2, 0.25) is 5.91 Å². The Morgan fingerprint density at radius 2 is 1.67 bits per heavy atom. The molecule has 2 aliphatic rings. The summed E-state index contributed by atoms with van der Waals surface area (Å²) in [6.07, 6.45) is 3.79. The van der Waals surface area contributed by atoms with Crippen LogP contribution in [-0.4, -0.2) is 58.8 Å². The van der Waals surface area contributed by atoms with Gasteiger partial charge >= 0.3 is 5.97 Å². The molecule has 2 aromatic heterocycles. The van der Waals surface area contributed by atoms with Crippen molar-refractivity contribution in [3.8, 4) is 0 Å². The van der Waals surface area contributed by atoms with Crippen molar-refractivity contribution in [2.75, 3.05) is 32.9 Å². The zero-order valence-electron chi connectivity index (χ0n) is 25.3. The molecule has 1 fully saturated rings. The van der Waals surface area contributed by atoms with Gasteiger partial charge in [0, 0.05) is 41.3 Å². The average Bonchev–Trinajstić information content (AvgIpc) is 3.61. The molecule has 0 aliphatic carbocycles. The number of ether oxygens (including phenoxy) is 2. The van der Waals surface area contributed by atoms with E-state index in [2.05, 4.69) is 0 Å². The standard InChI is InChI=1S/C36H32N4O5S/c1-2-45-35(43)31-32(24-11-5-3-6-12-24)37-36-40(33(31)25-13-7-4-8-14-25)34(42)29(46-36)21-26-22-39(28-16-10-9-15-27(26)28)23-30(41)38-17-19-44-20-18-38/h3-16,21-22,33H,2,17-20,23H2,1H3/b29-21+/t33-/m1/s1. The topological polar surface area (TPSA) is 95.1 Å². The quantitative estimate of drug-likeness (QED) is 0.255. The number of benzene rings is 3. The number of rotatable bonds is 7. The van der Waals surface area contributed by atoms with E-state index in [4.69, 9.17) is 14.5 Å². The minimum Gasteiger partial charge on any atom is -0.463 e. The van der Waals surface area contributed by atoms with Gasteiger partial charge in [-0.15, -0.1) is 0 Å². The fourth-order valence-corrected chi connectivity index (χ4v) is 7.10. The van der Waals surface area contributed by atoms with Crippen molar-refractivity contribution in [2.24, 2.45) is 4.99 Å². The van der Waals surface area contributed by atoms with Crippen molar-refractivity contribution in [1.29, 1.82) is 0 Å². The molecule has 0 unspecified atom stereocenters. The van der Waals surface area contributed by atoms with Crippen LogP contribution >= 0.6 is 11.3 Å². The number of carbonyl (C=O) groups excluding carboxylic acids is 2. The highest BCUT2D eigenvalue weighted by atomic mass is 32.1. The number of aromatic nitrogens is 2. The zero-order chi connectivity index (χ0) is 31.6. The van der Waals surface area contributed by atoms with Gasteiger partial charge in [-0.05, 0) is 24.6 Å². The van der Waals surface area contributed by atoms with Crippen molar-refractivity contribution in [3.05, 3.63) is 133 Å². The van der Waals surface area contributed by atoms with Crippen LogP contribution in [0.4, 0.5) is 0 Å². The van der Waals surface area contributed by atoms with E-state index in [-0.39, 0.29) is 24.6 Å². The predicted octanol–water partition coefficient (Wildman–Crippen LogP) is 3.75. The summed E-state index contributed by atoms with van der Waals surface area (Å²) in [5, 5.41) is 0.930. The number of hydrogen-bond donors (Lipinski definition) is 0. The van der Waals surface area contributed by atoms with Crippen molar-refractivity contribution in [1.82, 2.24) is 14.0 Å². The van der Waals surface area contributed by atoms with E-state index in [9.17, 15) is 14.4 Å². The Bertz CT molecular complexity index is 2140. The molecule has 0 bridgehead atoms. The third kappa shape index (κ3) is 5.50. The van der Waals surface area contributed by atoms with Gasteiger partial charge in [0.05, 0.1) is 41.7 Å². The van der Waals surface area contributed by atoms with E-state index < -0.39 is 12.0 Å². The lowest BCUT2D eigenvalue weighted by Gasteiger charge is -2.27. The van der Waals surface area contributed by atoms with E-state index >= 15 is 0 Å². The predicted molar refractivity (Wildman–Crippen MR) is 177 cm³/mol. The number of amides is 1. The third-order valence-corrected chi connectivity index (χ3v) is 9.25. The van der Waals surface area contributed by atoms with Crippen LogP contribution in [0.5, 0.6) is 0 Å². The molecule has 5 aromatic rings. The summed E-state index contributed by atoms with van der Waals surface area (Å²) < 4.78 is 15.0. The second kappa shape index (κ2) is 12.7. The lowest BCUT2D eigenvalue weighted by atomic mass is 9.93. The van der Waals surface area contributed by atoms with Gasteiger partial charge in [0.25, 0.3) is 5.56 Å². The van der Waals surface area contributed by atoms with E-state index in [1.54, 1.807) is 11.5 Å². The Balaban J connectivity index is 1.39. The number of carbonyl (C=O) groups is 2. The zero-order valence-corrected chi connectivity index (χ0v) is 26.1. The number of fused-ring (bicyclic) bond motifs is 2. The maximum Gasteiger partial charge on any atom is 0.338 e. The first-order valence-electron chi connectivity index (χ1n) is 15.3. The van der Waals surface area contributed by atoms with Gasteiger partial charge < -0.3 is 18.9 Å². The van der Waals surface area contributed by atoms with Crippen molar-refractivity contribution in [3.63, 3.8) is 0 Å². The summed E-state index contributed by atoms with van der Waals surface area (Å²) in [5.41, 5.74) is 3.81. The van der Waals surface area contributed by atoms with E-state index in [1.807, 2.05) is 107 Å². The first-order valence-corrected chi connectivity index (χ1v) is 16.1. The number of nitrogens with zero attached hydrogens (tertiary/aromatic N) is 4. The maximum atomic E-state index is 14.3. The molecule has 0 saturated carbocycles. The number of para-hydroxylation sites is 1. The Morgan fingerprint density at radius 3 is 2.41 bits per heavy atom. The third-order valence-electron chi connectivity index (χ3n) is 8.26. The molecule has 2 aliphatic heterocycles. The van der Waals surface area contributed by atoms with Crippen LogP contribution in [0.25, 0.3) is 22.7 Å². The second-order valence-corrected chi connectivity index (χ2v) is 12.1. The van der Waals surface area contributed by atoms with Crippen molar-refractivity contribution in [2.45, 2.75) is 19.5 Å². The fraction of sp³-hybridized carbons (Fsp3) is 0.222. The summed E-state index contributed by atoms with van der Waals surface area (Å²) >= 11 is 1.28. The largest absolute Gasteiger partial charge is 0.463 e. The lowest BCUT2D eigenvalue weighted by Crippen LogP contribution is -2.42. The summed E-state index contributed by atoms with van der Waals surface area (Å²) in [4.78, 5) is 48.4. The minimum absolute atomic E-state index is 0.0257. The molecule has 1 amide bonds. The summed E-state index contributed by atoms with van der Waals surface area (Å²) in [7, 11) is 0. The van der Waals surface area contributed by atoms with Gasteiger partial charge in [0.15, 0.2) is 4.80 Å². The number of esters is 1. The maximum absolute atomic E-state index is 14.3. The SMILES string of the molecule is CCOC(=O)C1=C(c2ccccc2)N=c2s/c(=C/c3cn(CC(=O)N4CCOCC4)c4ccccc34)c(=O)n2[C@@H]1c1ccccc1. The van der Waals surface area contributed by atoms with Gasteiger partial charge in [-0.25, -0.2) is 9.79 Å². The summed E-state index contributed by atoms with van der Waals surface area (Å²) in [6.45, 7) is 4.37. The molecule has 232 valence electrons. The van der Waals surface area contributed by atoms with Crippen molar-refractivity contribution >= 4 is 45.9 Å². The molecule has 4 heterocycles. The molecule has 10 heteroatoms. The summed E-state index contributed by atoms with van der Waals surface area (Å²) in [5.74, 6) is -0.487. The number of thiazole rings is 1. The highest BCUT2D eigenvalue weighted by Gasteiger charge is 2.35. The highest BCUT2D eigenvalue weighted by molar-refractivity contribution is 7.07. The highest BCUT2D eigenvalue weighted by Crippen LogP contribution is 2.35. The first kappa shape index (κ1) is 29.6. The van der Waals surface area contributed by atoms with Gasteiger partial charge in [-0.1, -0.05) is 90.2 Å². The smallest absolute Gasteiger partial charge is 0.338 e. The van der Waals surface area contributed by atoms with Gasteiger partial charge in [-0.2, -0.15) is 0 Å². The van der Waals surface area contributed by atoms with Crippen LogP contribution in [0.15, 0.2) is 106 Å². The van der Waals surface area contributed by atoms with E-state index in [0.717, 1.165) is 27.6 Å². The molecule has 9 nitrogen and oxygen atoms in total. The number of hydrogen-bond acceptors (Lipinski definition) is 7. The number of morpholine rings is 1. The molecule has 3 aromatic carbocycles. The van der Waals surface area contributed by atoms with Crippen LogP contribution in [0, 0.1) is 0 Å².